The number of rotatable bonds is 2. The van der Waals surface area contributed by atoms with Crippen molar-refractivity contribution >= 4 is 17.3 Å². The fraction of sp³-hybridized carbons (Fsp3) is 0.353. The Morgan fingerprint density at radius 2 is 1.90 bits per heavy atom. The molecule has 1 atom stereocenters. The van der Waals surface area contributed by atoms with Gasteiger partial charge in [-0.15, -0.1) is 11.3 Å². The van der Waals surface area contributed by atoms with Gasteiger partial charge in [0, 0.05) is 17.5 Å². The Morgan fingerprint density at radius 1 is 1.19 bits per heavy atom. The summed E-state index contributed by atoms with van der Waals surface area (Å²) < 4.78 is 0. The lowest BCUT2D eigenvalue weighted by Gasteiger charge is -2.37. The lowest BCUT2D eigenvalue weighted by Crippen LogP contribution is -2.45. The molecule has 0 spiro atoms. The summed E-state index contributed by atoms with van der Waals surface area (Å²) in [5, 5.41) is 11.7. The normalized spacial score (nSPS) is 22.0. The van der Waals surface area contributed by atoms with Crippen LogP contribution in [0.25, 0.3) is 0 Å². The topological polar surface area (TPSA) is 40.5 Å². The molecule has 4 heteroatoms. The van der Waals surface area contributed by atoms with E-state index in [2.05, 4.69) is 29.2 Å². The van der Waals surface area contributed by atoms with Crippen LogP contribution in [0.3, 0.4) is 0 Å². The van der Waals surface area contributed by atoms with E-state index < -0.39 is 12.0 Å². The molecule has 1 aromatic carbocycles. The molecule has 1 unspecified atom stereocenters. The number of fused-ring (bicyclic) bond motifs is 2. The Bertz CT molecular complexity index is 669. The first kappa shape index (κ1) is 13.0. The molecular formula is C17H17NO2S. The van der Waals surface area contributed by atoms with Crippen LogP contribution in [0.4, 0.5) is 0 Å². The van der Waals surface area contributed by atoms with E-state index in [1.54, 1.807) is 11.3 Å². The summed E-state index contributed by atoms with van der Waals surface area (Å²) >= 11 is 1.69. The van der Waals surface area contributed by atoms with Gasteiger partial charge in [-0.2, -0.15) is 0 Å². The van der Waals surface area contributed by atoms with Crippen molar-refractivity contribution in [3.05, 3.63) is 57.3 Å². The molecule has 1 N–H and O–H groups in total. The quantitative estimate of drug-likeness (QED) is 0.927. The number of benzene rings is 1. The highest BCUT2D eigenvalue weighted by Crippen LogP contribution is 2.37. The maximum absolute atomic E-state index is 11.8. The Balaban J connectivity index is 1.66. The molecule has 2 aliphatic rings. The first-order valence-corrected chi connectivity index (χ1v) is 8.23. The molecule has 0 fully saturated rings. The molecule has 4 rings (SSSR count). The summed E-state index contributed by atoms with van der Waals surface area (Å²) in [6.45, 7) is 0.850. The zero-order chi connectivity index (χ0) is 14.4. The van der Waals surface area contributed by atoms with Gasteiger partial charge < -0.3 is 5.11 Å². The second-order valence-corrected chi connectivity index (χ2v) is 6.86. The maximum atomic E-state index is 11.8. The standard InChI is InChI=1S/C17H17NO2S/c19-17(20)16-14-6-8-21-15(14)5-7-18(16)13-9-11-3-1-2-4-12(11)10-13/h1-4,6,8,13,16H,5,7,9-10H2,(H,19,20). The van der Waals surface area contributed by atoms with Gasteiger partial charge in [0.05, 0.1) is 0 Å². The van der Waals surface area contributed by atoms with E-state index in [9.17, 15) is 9.90 Å². The van der Waals surface area contributed by atoms with Crippen molar-refractivity contribution in [1.29, 1.82) is 0 Å². The number of carbonyl (C=O) groups is 1. The highest BCUT2D eigenvalue weighted by molar-refractivity contribution is 7.10. The van der Waals surface area contributed by atoms with Crippen molar-refractivity contribution in [1.82, 2.24) is 4.90 Å². The summed E-state index contributed by atoms with van der Waals surface area (Å²) in [6, 6.07) is 10.3. The van der Waals surface area contributed by atoms with E-state index in [1.165, 1.54) is 16.0 Å². The molecule has 0 saturated carbocycles. The molecule has 1 aliphatic carbocycles. The maximum Gasteiger partial charge on any atom is 0.325 e. The molecule has 108 valence electrons. The van der Waals surface area contributed by atoms with Crippen LogP contribution in [0.5, 0.6) is 0 Å². The van der Waals surface area contributed by atoms with Crippen molar-refractivity contribution in [2.24, 2.45) is 0 Å². The van der Waals surface area contributed by atoms with E-state index in [0.717, 1.165) is 31.4 Å². The summed E-state index contributed by atoms with van der Waals surface area (Å²) in [5.41, 5.74) is 3.76. The highest BCUT2D eigenvalue weighted by atomic mass is 32.1. The molecule has 0 amide bonds. The smallest absolute Gasteiger partial charge is 0.325 e. The van der Waals surface area contributed by atoms with E-state index in [1.807, 2.05) is 11.4 Å². The number of thiophene rings is 1. The third-order valence-electron chi connectivity index (χ3n) is 4.74. The highest BCUT2D eigenvalue weighted by Gasteiger charge is 2.39. The van der Waals surface area contributed by atoms with Crippen LogP contribution in [0, 0.1) is 0 Å². The number of hydrogen-bond acceptors (Lipinski definition) is 3. The number of carboxylic acids is 1. The number of aliphatic carboxylic acids is 1. The third-order valence-corrected chi connectivity index (χ3v) is 5.73. The fourth-order valence-corrected chi connectivity index (χ4v) is 4.68. The minimum absolute atomic E-state index is 0.316. The van der Waals surface area contributed by atoms with Crippen LogP contribution in [-0.2, 0) is 24.1 Å². The van der Waals surface area contributed by atoms with E-state index in [0.29, 0.717) is 6.04 Å². The monoisotopic (exact) mass is 299 g/mol. The first-order chi connectivity index (χ1) is 10.2. The largest absolute Gasteiger partial charge is 0.480 e. The minimum atomic E-state index is -0.717. The van der Waals surface area contributed by atoms with Gasteiger partial charge in [0.15, 0.2) is 0 Å². The molecule has 0 radical (unpaired) electrons. The van der Waals surface area contributed by atoms with Gasteiger partial charge in [-0.25, -0.2) is 0 Å². The number of nitrogens with zero attached hydrogens (tertiary/aromatic N) is 1. The first-order valence-electron chi connectivity index (χ1n) is 7.35. The Hall–Kier alpha value is -1.65. The van der Waals surface area contributed by atoms with Crippen molar-refractivity contribution in [2.75, 3.05) is 6.54 Å². The van der Waals surface area contributed by atoms with E-state index >= 15 is 0 Å². The predicted octanol–water partition coefficient (Wildman–Crippen LogP) is 2.90. The van der Waals surface area contributed by atoms with Crippen LogP contribution in [-0.4, -0.2) is 28.6 Å². The molecule has 21 heavy (non-hydrogen) atoms. The van der Waals surface area contributed by atoms with Gasteiger partial charge >= 0.3 is 5.97 Å². The van der Waals surface area contributed by atoms with Gasteiger partial charge in [0.1, 0.15) is 6.04 Å². The van der Waals surface area contributed by atoms with Gasteiger partial charge in [-0.1, -0.05) is 24.3 Å². The molecule has 0 bridgehead atoms. The molecule has 2 aromatic rings. The van der Waals surface area contributed by atoms with Gasteiger partial charge in [-0.05, 0) is 47.4 Å². The second kappa shape index (κ2) is 4.97. The van der Waals surface area contributed by atoms with Crippen molar-refractivity contribution in [3.8, 4) is 0 Å². The van der Waals surface area contributed by atoms with Crippen molar-refractivity contribution < 1.29 is 9.90 Å². The van der Waals surface area contributed by atoms with Gasteiger partial charge in [0.2, 0.25) is 0 Å². The van der Waals surface area contributed by atoms with Crippen molar-refractivity contribution in [3.63, 3.8) is 0 Å². The average Bonchev–Trinajstić information content (AvgIpc) is 3.11. The van der Waals surface area contributed by atoms with E-state index in [4.69, 9.17) is 0 Å². The predicted molar refractivity (Wildman–Crippen MR) is 82.7 cm³/mol. The summed E-state index contributed by atoms with van der Waals surface area (Å²) in [5.74, 6) is -0.717. The lowest BCUT2D eigenvalue weighted by molar-refractivity contribution is -0.145. The average molecular weight is 299 g/mol. The molecule has 2 heterocycles. The van der Waals surface area contributed by atoms with Crippen LogP contribution >= 0.6 is 11.3 Å². The molecule has 1 aromatic heterocycles. The number of hydrogen-bond donors (Lipinski definition) is 1. The third kappa shape index (κ3) is 2.10. The van der Waals surface area contributed by atoms with Crippen LogP contribution < -0.4 is 0 Å². The van der Waals surface area contributed by atoms with Crippen LogP contribution in [0.15, 0.2) is 35.7 Å². The van der Waals surface area contributed by atoms with Crippen LogP contribution in [0.2, 0.25) is 0 Å². The zero-order valence-electron chi connectivity index (χ0n) is 11.7. The molecule has 3 nitrogen and oxygen atoms in total. The second-order valence-electron chi connectivity index (χ2n) is 5.86. The summed E-state index contributed by atoms with van der Waals surface area (Å²) in [6.07, 6.45) is 2.92. The number of carboxylic acid groups (broad SMARTS) is 1. The zero-order valence-corrected chi connectivity index (χ0v) is 12.5. The van der Waals surface area contributed by atoms with Gasteiger partial charge in [-0.3, -0.25) is 9.69 Å². The minimum Gasteiger partial charge on any atom is -0.480 e. The molecular weight excluding hydrogens is 282 g/mol. The Labute approximate surface area is 127 Å². The molecule has 0 saturated heterocycles. The van der Waals surface area contributed by atoms with E-state index in [-0.39, 0.29) is 0 Å². The Kier molecular flexibility index (Phi) is 3.08. The van der Waals surface area contributed by atoms with Crippen molar-refractivity contribution in [2.45, 2.75) is 31.3 Å². The van der Waals surface area contributed by atoms with Crippen LogP contribution in [0.1, 0.15) is 27.6 Å². The lowest BCUT2D eigenvalue weighted by atomic mass is 9.97. The molecule has 1 aliphatic heterocycles. The van der Waals surface area contributed by atoms with Gasteiger partial charge in [0.25, 0.3) is 0 Å². The fourth-order valence-electron chi connectivity index (χ4n) is 3.77. The SMILES string of the molecule is O=C(O)C1c2ccsc2CCN1C1Cc2ccccc2C1. The Morgan fingerprint density at radius 3 is 2.57 bits per heavy atom. The summed E-state index contributed by atoms with van der Waals surface area (Å²) in [7, 11) is 0. The summed E-state index contributed by atoms with van der Waals surface area (Å²) in [4.78, 5) is 15.3.